The van der Waals surface area contributed by atoms with E-state index >= 15 is 0 Å². The fourth-order valence-corrected chi connectivity index (χ4v) is 11.9. The van der Waals surface area contributed by atoms with Crippen LogP contribution in [-0.2, 0) is 32.0 Å². The number of piperidine rings is 6. The molecule has 366 valence electrons. The van der Waals surface area contributed by atoms with Crippen LogP contribution in [0.4, 0.5) is 0 Å². The number of nitrogens with zero attached hydrogens (tertiary/aromatic N) is 7. The first-order valence-corrected chi connectivity index (χ1v) is 25.7. The van der Waals surface area contributed by atoms with Gasteiger partial charge in [0, 0.05) is 73.0 Å². The number of carbonyl (C=O) groups is 2. The van der Waals surface area contributed by atoms with E-state index < -0.39 is 0 Å². The second kappa shape index (κ2) is 22.8. The summed E-state index contributed by atoms with van der Waals surface area (Å²) in [5, 5.41) is 10.8. The minimum atomic E-state index is -0.385. The van der Waals surface area contributed by atoms with E-state index in [-0.39, 0.29) is 36.2 Å². The molecular formula is C56H71N7O6. The third-order valence-electron chi connectivity index (χ3n) is 15.8. The van der Waals surface area contributed by atoms with Crippen LogP contribution in [0.3, 0.4) is 0 Å². The summed E-state index contributed by atoms with van der Waals surface area (Å²) in [4.78, 5) is 41.4. The molecule has 3 aromatic heterocycles. The Morgan fingerprint density at radius 1 is 0.681 bits per heavy atom. The number of rotatable bonds is 24. The monoisotopic (exact) mass is 938 g/mol. The van der Waals surface area contributed by atoms with Crippen LogP contribution in [0.15, 0.2) is 92.4 Å². The predicted molar refractivity (Wildman–Crippen MR) is 268 cm³/mol. The molecule has 69 heavy (non-hydrogen) atoms. The summed E-state index contributed by atoms with van der Waals surface area (Å²) < 4.78 is 26.0. The average molecular weight is 938 g/mol. The third kappa shape index (κ3) is 11.4. The highest BCUT2D eigenvalue weighted by molar-refractivity contribution is 5.85. The number of aryl methyl sites for hydroxylation is 2. The van der Waals surface area contributed by atoms with Gasteiger partial charge < -0.3 is 18.9 Å². The molecule has 6 saturated heterocycles. The van der Waals surface area contributed by atoms with Gasteiger partial charge in [-0.25, -0.2) is 0 Å². The fourth-order valence-electron chi connectivity index (χ4n) is 11.9. The van der Waals surface area contributed by atoms with Gasteiger partial charge in [0.25, 0.3) is 0 Å². The van der Waals surface area contributed by atoms with Gasteiger partial charge >= 0.3 is 11.9 Å². The first kappa shape index (κ1) is 48.4. The van der Waals surface area contributed by atoms with Gasteiger partial charge in [0.15, 0.2) is 0 Å². The van der Waals surface area contributed by atoms with E-state index in [9.17, 15) is 9.59 Å². The molecule has 0 saturated carbocycles. The van der Waals surface area contributed by atoms with Crippen molar-refractivity contribution in [3.63, 3.8) is 0 Å². The minimum Gasteiger partial charge on any atom is -0.497 e. The van der Waals surface area contributed by atoms with Crippen LogP contribution in [0.5, 0.6) is 11.5 Å². The Labute approximate surface area is 407 Å². The molecule has 11 rings (SSSR count). The van der Waals surface area contributed by atoms with Crippen molar-refractivity contribution in [2.75, 3.05) is 40.4 Å². The molecule has 13 heteroatoms. The highest BCUT2D eigenvalue weighted by Gasteiger charge is 2.46. The standard InChI is InChI=1S/C56H71N7O6/c1-5-38-35-61-29-24-40(38)31-51(61)55(45-22-26-57-49-20-18-43(66-3)33-47(45)49)68-53(64)16-12-8-7-11-15-42-37-63(60-59-42)28-14-10-9-13-17-54(65)69-56(52-32-41-25-30-62(52)36-39(41)6-2)46-23-27-58-50-21-19-44(67-4)34-48(46)50/h5-6,18-23,26-27,33-34,37-41,51-52,55-56H,1-2,7-17,24-25,28-32,35-36H2,3-4H3/t38-,39+,40-,41-,51-,52-,55+,56+/m0/s1. The Kier molecular flexibility index (Phi) is 16.0. The first-order chi connectivity index (χ1) is 33.8. The van der Waals surface area contributed by atoms with Crippen LogP contribution in [0.25, 0.3) is 21.8 Å². The Bertz CT molecular complexity index is 2390. The molecule has 6 aliphatic heterocycles. The average Bonchev–Trinajstić information content (AvgIpc) is 3.86. The SMILES string of the molecule is C=C[C@@H]1CN2CC[C@H]1C[C@H]2[C@H](OC(=O)CCCCCCn1cc(CCCCCCC(=O)O[C@H](c2ccnc3ccc(OC)cc23)[C@@H]2C[C@@H]3CCN2C[C@@H]3C=C)nn1)c1ccnc2ccc(OC)cc12. The number of carbonyl (C=O) groups excluding carboxylic acids is 2. The smallest absolute Gasteiger partial charge is 0.306 e. The van der Waals surface area contributed by atoms with Crippen molar-refractivity contribution in [2.24, 2.45) is 23.7 Å². The number of pyridine rings is 2. The largest absolute Gasteiger partial charge is 0.497 e. The van der Waals surface area contributed by atoms with E-state index in [4.69, 9.17) is 18.9 Å². The number of aromatic nitrogens is 5. The molecule has 0 amide bonds. The van der Waals surface area contributed by atoms with Crippen molar-refractivity contribution in [2.45, 2.75) is 127 Å². The van der Waals surface area contributed by atoms with Crippen LogP contribution < -0.4 is 9.47 Å². The number of esters is 2. The van der Waals surface area contributed by atoms with Gasteiger partial charge in [-0.15, -0.1) is 18.3 Å². The molecule has 6 fully saturated rings. The van der Waals surface area contributed by atoms with E-state index in [1.54, 1.807) is 14.2 Å². The Morgan fingerprint density at radius 2 is 1.19 bits per heavy atom. The van der Waals surface area contributed by atoms with Gasteiger partial charge in [0.05, 0.1) is 43.0 Å². The molecule has 5 aromatic rings. The van der Waals surface area contributed by atoms with Crippen LogP contribution in [0.1, 0.15) is 119 Å². The number of benzene rings is 2. The van der Waals surface area contributed by atoms with E-state index in [1.807, 2.05) is 65.6 Å². The molecule has 6 aliphatic rings. The van der Waals surface area contributed by atoms with E-state index in [1.165, 1.54) is 0 Å². The lowest BCUT2D eigenvalue weighted by atomic mass is 9.73. The lowest BCUT2D eigenvalue weighted by Crippen LogP contribution is -2.55. The number of ether oxygens (including phenoxy) is 4. The fraction of sp³-hybridized carbons (Fsp3) is 0.536. The first-order valence-electron chi connectivity index (χ1n) is 25.7. The maximum atomic E-state index is 13.6. The quantitative estimate of drug-likeness (QED) is 0.0331. The maximum absolute atomic E-state index is 13.6. The summed E-state index contributed by atoms with van der Waals surface area (Å²) in [6, 6.07) is 16.1. The van der Waals surface area contributed by atoms with Crippen molar-refractivity contribution in [1.29, 1.82) is 0 Å². The zero-order valence-corrected chi connectivity index (χ0v) is 40.8. The van der Waals surface area contributed by atoms with Crippen LogP contribution in [0, 0.1) is 23.7 Å². The van der Waals surface area contributed by atoms with Gasteiger partial charge in [-0.05, 0) is 143 Å². The van der Waals surface area contributed by atoms with Gasteiger partial charge in [-0.2, -0.15) is 0 Å². The second-order valence-corrected chi connectivity index (χ2v) is 19.9. The molecule has 9 heterocycles. The molecule has 0 N–H and O–H groups in total. The third-order valence-corrected chi connectivity index (χ3v) is 15.8. The lowest BCUT2D eigenvalue weighted by molar-refractivity contribution is -0.158. The molecule has 0 radical (unpaired) electrons. The van der Waals surface area contributed by atoms with Crippen LogP contribution in [-0.4, -0.2) is 99.2 Å². The van der Waals surface area contributed by atoms with Crippen molar-refractivity contribution in [1.82, 2.24) is 34.8 Å². The van der Waals surface area contributed by atoms with Crippen molar-refractivity contribution >= 4 is 33.7 Å². The number of hydrogen-bond donors (Lipinski definition) is 0. The Morgan fingerprint density at radius 3 is 1.67 bits per heavy atom. The van der Waals surface area contributed by atoms with E-state index in [0.717, 1.165) is 166 Å². The van der Waals surface area contributed by atoms with Gasteiger partial charge in [-0.1, -0.05) is 43.0 Å². The van der Waals surface area contributed by atoms with Gasteiger partial charge in [0.2, 0.25) is 0 Å². The Balaban J connectivity index is 0.695. The van der Waals surface area contributed by atoms with E-state index in [0.29, 0.717) is 36.5 Å². The topological polar surface area (TPSA) is 134 Å². The van der Waals surface area contributed by atoms with E-state index in [2.05, 4.69) is 61.6 Å². The molecule has 2 aromatic carbocycles. The molecule has 4 bridgehead atoms. The molecule has 10 atom stereocenters. The predicted octanol–water partition coefficient (Wildman–Crippen LogP) is 10.2. The summed E-state index contributed by atoms with van der Waals surface area (Å²) in [7, 11) is 3.34. The van der Waals surface area contributed by atoms with Crippen molar-refractivity contribution in [3.8, 4) is 11.5 Å². The summed E-state index contributed by atoms with van der Waals surface area (Å²) in [6.07, 6.45) is 22.4. The maximum Gasteiger partial charge on any atom is 0.306 e. The number of methoxy groups -OCH3 is 2. The highest BCUT2D eigenvalue weighted by Crippen LogP contribution is 2.45. The van der Waals surface area contributed by atoms with Gasteiger partial charge in [0.1, 0.15) is 23.7 Å². The van der Waals surface area contributed by atoms with Crippen LogP contribution >= 0.6 is 0 Å². The number of fused-ring (bicyclic) bond motifs is 8. The van der Waals surface area contributed by atoms with Crippen molar-refractivity contribution < 1.29 is 28.5 Å². The molecule has 0 aliphatic carbocycles. The van der Waals surface area contributed by atoms with Gasteiger partial charge in [-0.3, -0.25) is 34.0 Å². The second-order valence-electron chi connectivity index (χ2n) is 19.9. The molecule has 0 spiro atoms. The zero-order valence-electron chi connectivity index (χ0n) is 40.8. The number of unbranched alkanes of at least 4 members (excludes halogenated alkanes) is 6. The number of hydrogen-bond acceptors (Lipinski definition) is 12. The molecule has 2 unspecified atom stereocenters. The summed E-state index contributed by atoms with van der Waals surface area (Å²) >= 11 is 0. The lowest BCUT2D eigenvalue weighted by Gasteiger charge is -2.51. The molecular weight excluding hydrogens is 867 g/mol. The summed E-state index contributed by atoms with van der Waals surface area (Å²) in [6.45, 7) is 12.9. The van der Waals surface area contributed by atoms with Crippen LogP contribution in [0.2, 0.25) is 0 Å². The highest BCUT2D eigenvalue weighted by atomic mass is 16.5. The van der Waals surface area contributed by atoms with Crippen molar-refractivity contribution in [3.05, 3.63) is 109 Å². The Hall–Kier alpha value is -5.66. The molecule has 13 nitrogen and oxygen atoms in total. The summed E-state index contributed by atoms with van der Waals surface area (Å²) in [5.74, 6) is 3.28. The normalized spacial score (nSPS) is 24.7. The zero-order chi connectivity index (χ0) is 47.7. The summed E-state index contributed by atoms with van der Waals surface area (Å²) in [5.41, 5.74) is 4.72. The minimum absolute atomic E-state index is 0.112.